The quantitative estimate of drug-likeness (QED) is 0.537. The van der Waals surface area contributed by atoms with Gasteiger partial charge in [0.15, 0.2) is 5.16 Å². The average molecular weight is 423 g/mol. The van der Waals surface area contributed by atoms with Crippen LogP contribution in [0.2, 0.25) is 0 Å². The van der Waals surface area contributed by atoms with Crippen molar-refractivity contribution in [3.05, 3.63) is 22.3 Å². The molecule has 0 radical (unpaired) electrons. The Bertz CT molecular complexity index is 859. The van der Waals surface area contributed by atoms with E-state index in [1.807, 2.05) is 18.4 Å². The van der Waals surface area contributed by atoms with E-state index in [-0.39, 0.29) is 23.7 Å². The van der Waals surface area contributed by atoms with Gasteiger partial charge in [0, 0.05) is 10.9 Å². The average Bonchev–Trinajstić information content (AvgIpc) is 3.23. The molecule has 0 saturated heterocycles. The number of thioether (sulfide) groups is 1. The van der Waals surface area contributed by atoms with E-state index < -0.39 is 0 Å². The molecule has 28 heavy (non-hydrogen) atoms. The monoisotopic (exact) mass is 422 g/mol. The first-order chi connectivity index (χ1) is 13.4. The van der Waals surface area contributed by atoms with E-state index in [0.717, 1.165) is 24.8 Å². The molecule has 2 aromatic heterocycles. The van der Waals surface area contributed by atoms with Crippen LogP contribution in [0.15, 0.2) is 11.5 Å². The van der Waals surface area contributed by atoms with E-state index in [4.69, 9.17) is 4.74 Å². The van der Waals surface area contributed by atoms with Crippen molar-refractivity contribution in [2.24, 2.45) is 5.92 Å². The van der Waals surface area contributed by atoms with E-state index in [9.17, 15) is 9.59 Å². The summed E-state index contributed by atoms with van der Waals surface area (Å²) in [7, 11) is 0. The summed E-state index contributed by atoms with van der Waals surface area (Å²) in [6.07, 6.45) is 4.50. The summed E-state index contributed by atoms with van der Waals surface area (Å²) in [5.41, 5.74) is 1.58. The van der Waals surface area contributed by atoms with Crippen LogP contribution < -0.4 is 5.32 Å². The Morgan fingerprint density at radius 3 is 2.96 bits per heavy atom. The second-order valence-corrected chi connectivity index (χ2v) is 9.28. The van der Waals surface area contributed by atoms with Crippen LogP contribution in [0.25, 0.3) is 0 Å². The molecule has 1 aliphatic rings. The lowest BCUT2D eigenvalue weighted by atomic mass is 9.88. The van der Waals surface area contributed by atoms with Crippen LogP contribution in [0.3, 0.4) is 0 Å². The first kappa shape index (κ1) is 20.9. The summed E-state index contributed by atoms with van der Waals surface area (Å²) >= 11 is 2.84. The number of anilines is 1. The predicted octanol–water partition coefficient (Wildman–Crippen LogP) is 3.95. The zero-order chi connectivity index (χ0) is 20.3. The maximum absolute atomic E-state index is 12.6. The fourth-order valence-electron chi connectivity index (χ4n) is 3.24. The van der Waals surface area contributed by atoms with E-state index in [1.165, 1.54) is 28.0 Å². The minimum absolute atomic E-state index is 0.166. The SMILES string of the molecule is CCOC(=O)c1c(NC(=O)CSc2nncn2C(C)C)sc2c1CCC(C)C2. The number of aromatic nitrogens is 3. The lowest BCUT2D eigenvalue weighted by Crippen LogP contribution is -2.18. The molecule has 9 heteroatoms. The molecule has 1 atom stereocenters. The van der Waals surface area contributed by atoms with Crippen LogP contribution >= 0.6 is 23.1 Å². The topological polar surface area (TPSA) is 86.1 Å². The van der Waals surface area contributed by atoms with Crippen LogP contribution in [0.1, 0.15) is 61.0 Å². The molecule has 0 saturated carbocycles. The maximum Gasteiger partial charge on any atom is 0.341 e. The van der Waals surface area contributed by atoms with Gasteiger partial charge in [-0.05, 0) is 51.5 Å². The smallest absolute Gasteiger partial charge is 0.341 e. The minimum atomic E-state index is -0.350. The van der Waals surface area contributed by atoms with Gasteiger partial charge in [0.2, 0.25) is 5.91 Å². The van der Waals surface area contributed by atoms with Gasteiger partial charge < -0.3 is 14.6 Å². The summed E-state index contributed by atoms with van der Waals surface area (Å²) < 4.78 is 7.18. The summed E-state index contributed by atoms with van der Waals surface area (Å²) in [5.74, 6) is 0.271. The second kappa shape index (κ2) is 9.09. The molecule has 0 aromatic carbocycles. The Morgan fingerprint density at radius 1 is 1.46 bits per heavy atom. The zero-order valence-corrected chi connectivity index (χ0v) is 18.3. The molecule has 2 heterocycles. The van der Waals surface area contributed by atoms with Crippen LogP contribution in [0, 0.1) is 5.92 Å². The Morgan fingerprint density at radius 2 is 2.25 bits per heavy atom. The van der Waals surface area contributed by atoms with Crippen molar-refractivity contribution in [3.8, 4) is 0 Å². The highest BCUT2D eigenvalue weighted by atomic mass is 32.2. The fourth-order valence-corrected chi connectivity index (χ4v) is 5.50. The van der Waals surface area contributed by atoms with Gasteiger partial charge in [0.05, 0.1) is 17.9 Å². The second-order valence-electron chi connectivity index (χ2n) is 7.23. The molecule has 2 aromatic rings. The molecule has 0 bridgehead atoms. The number of ether oxygens (including phenoxy) is 1. The fraction of sp³-hybridized carbons (Fsp3) is 0.579. The Labute approximate surface area is 173 Å². The highest BCUT2D eigenvalue weighted by Gasteiger charge is 2.29. The minimum Gasteiger partial charge on any atom is -0.462 e. The Hall–Kier alpha value is -1.87. The summed E-state index contributed by atoms with van der Waals surface area (Å²) in [4.78, 5) is 26.3. The van der Waals surface area contributed by atoms with E-state index in [0.29, 0.717) is 28.2 Å². The van der Waals surface area contributed by atoms with Gasteiger partial charge in [-0.15, -0.1) is 21.5 Å². The van der Waals surface area contributed by atoms with Crippen molar-refractivity contribution in [3.63, 3.8) is 0 Å². The zero-order valence-electron chi connectivity index (χ0n) is 16.7. The molecule has 1 amide bonds. The molecule has 3 rings (SSSR count). The van der Waals surface area contributed by atoms with Gasteiger partial charge in [-0.25, -0.2) is 4.79 Å². The third-order valence-electron chi connectivity index (χ3n) is 4.67. The number of carbonyl (C=O) groups excluding carboxylic acids is 2. The number of fused-ring (bicyclic) bond motifs is 1. The van der Waals surface area contributed by atoms with Crippen LogP contribution in [0.5, 0.6) is 0 Å². The van der Waals surface area contributed by atoms with E-state index in [1.54, 1.807) is 13.3 Å². The highest BCUT2D eigenvalue weighted by molar-refractivity contribution is 7.99. The number of rotatable bonds is 7. The number of esters is 1. The largest absolute Gasteiger partial charge is 0.462 e. The van der Waals surface area contributed by atoms with Crippen molar-refractivity contribution in [1.82, 2.24) is 14.8 Å². The van der Waals surface area contributed by atoms with Gasteiger partial charge in [-0.3, -0.25) is 4.79 Å². The highest BCUT2D eigenvalue weighted by Crippen LogP contribution is 2.40. The normalized spacial score (nSPS) is 16.1. The first-order valence-corrected chi connectivity index (χ1v) is 11.3. The molecular weight excluding hydrogens is 396 g/mol. The Balaban J connectivity index is 1.74. The molecule has 1 unspecified atom stereocenters. The number of nitrogens with one attached hydrogen (secondary N) is 1. The third-order valence-corrected chi connectivity index (χ3v) is 6.80. The van der Waals surface area contributed by atoms with Gasteiger partial charge in [-0.1, -0.05) is 18.7 Å². The molecule has 152 valence electrons. The van der Waals surface area contributed by atoms with Crippen molar-refractivity contribution in [1.29, 1.82) is 0 Å². The van der Waals surface area contributed by atoms with Gasteiger partial charge in [0.1, 0.15) is 11.3 Å². The number of carbonyl (C=O) groups is 2. The lowest BCUT2D eigenvalue weighted by molar-refractivity contribution is -0.113. The van der Waals surface area contributed by atoms with Gasteiger partial charge in [-0.2, -0.15) is 0 Å². The standard InChI is InChI=1S/C19H26N4O3S2/c1-5-26-18(25)16-13-7-6-12(4)8-14(13)28-17(16)21-15(24)9-27-19-22-20-10-23(19)11(2)3/h10-12H,5-9H2,1-4H3,(H,21,24). The Kier molecular flexibility index (Phi) is 6.77. The molecule has 0 spiro atoms. The summed E-state index contributed by atoms with van der Waals surface area (Å²) in [6.45, 7) is 8.39. The van der Waals surface area contributed by atoms with Crippen molar-refractivity contribution in [2.75, 3.05) is 17.7 Å². The van der Waals surface area contributed by atoms with Crippen molar-refractivity contribution >= 4 is 40.0 Å². The summed E-state index contributed by atoms with van der Waals surface area (Å²) in [6, 6.07) is 0.224. The van der Waals surface area contributed by atoms with Crippen LogP contribution in [-0.4, -0.2) is 39.0 Å². The maximum atomic E-state index is 12.6. The number of nitrogens with zero attached hydrogens (tertiary/aromatic N) is 3. The summed E-state index contributed by atoms with van der Waals surface area (Å²) in [5, 5.41) is 12.2. The molecule has 1 aliphatic carbocycles. The van der Waals surface area contributed by atoms with Crippen LogP contribution in [-0.2, 0) is 22.4 Å². The number of hydrogen-bond donors (Lipinski definition) is 1. The van der Waals surface area contributed by atoms with E-state index >= 15 is 0 Å². The van der Waals surface area contributed by atoms with Gasteiger partial charge in [0.25, 0.3) is 0 Å². The van der Waals surface area contributed by atoms with Gasteiger partial charge >= 0.3 is 5.97 Å². The van der Waals surface area contributed by atoms with Crippen LogP contribution in [0.4, 0.5) is 5.00 Å². The number of thiophene rings is 1. The van der Waals surface area contributed by atoms with Crippen molar-refractivity contribution < 1.29 is 14.3 Å². The molecule has 1 N–H and O–H groups in total. The predicted molar refractivity (Wildman–Crippen MR) is 111 cm³/mol. The number of amides is 1. The van der Waals surface area contributed by atoms with E-state index in [2.05, 4.69) is 22.4 Å². The number of hydrogen-bond acceptors (Lipinski definition) is 7. The molecule has 7 nitrogen and oxygen atoms in total. The molecular formula is C19H26N4O3S2. The first-order valence-electron chi connectivity index (χ1n) is 9.54. The lowest BCUT2D eigenvalue weighted by Gasteiger charge is -2.18. The third kappa shape index (κ3) is 4.57. The molecule has 0 aliphatic heterocycles. The van der Waals surface area contributed by atoms with Crippen molar-refractivity contribution in [2.45, 2.75) is 58.2 Å². The molecule has 0 fully saturated rings.